The third-order valence-corrected chi connectivity index (χ3v) is 5.86. The van der Waals surface area contributed by atoms with E-state index in [2.05, 4.69) is 10.3 Å². The van der Waals surface area contributed by atoms with Crippen LogP contribution in [0.25, 0.3) is 0 Å². The first-order chi connectivity index (χ1) is 15.2. The molecule has 0 unspecified atom stereocenters. The number of ketones is 1. The van der Waals surface area contributed by atoms with Crippen molar-refractivity contribution in [3.63, 3.8) is 0 Å². The van der Waals surface area contributed by atoms with Crippen LogP contribution in [0.3, 0.4) is 0 Å². The number of alkyl halides is 3. The smallest absolute Gasteiger partial charge is 0.322 e. The summed E-state index contributed by atoms with van der Waals surface area (Å²) < 4.78 is 53.8. The lowest BCUT2D eigenvalue weighted by Gasteiger charge is -2.36. The molecule has 0 aromatic heterocycles. The van der Waals surface area contributed by atoms with Crippen molar-refractivity contribution in [2.45, 2.75) is 38.3 Å². The summed E-state index contributed by atoms with van der Waals surface area (Å²) in [5.41, 5.74) is 0.277. The third kappa shape index (κ3) is 4.09. The van der Waals surface area contributed by atoms with Gasteiger partial charge in [-0.25, -0.2) is 4.39 Å². The fourth-order valence-corrected chi connectivity index (χ4v) is 4.48. The Labute approximate surface area is 182 Å². The number of hydrogen-bond donors (Lipinski definition) is 1. The minimum absolute atomic E-state index is 0.0854. The molecule has 0 bridgehead atoms. The Morgan fingerprint density at radius 1 is 1.03 bits per heavy atom. The van der Waals surface area contributed by atoms with E-state index in [0.717, 1.165) is 6.07 Å². The van der Waals surface area contributed by atoms with Crippen molar-refractivity contribution in [3.05, 3.63) is 76.7 Å². The summed E-state index contributed by atoms with van der Waals surface area (Å²) >= 11 is 0. The first-order valence-electron chi connectivity index (χ1n) is 10.2. The number of benzene rings is 2. The molecule has 8 heteroatoms. The zero-order valence-corrected chi connectivity index (χ0v) is 17.2. The van der Waals surface area contributed by atoms with Crippen LogP contribution < -0.4 is 5.32 Å². The summed E-state index contributed by atoms with van der Waals surface area (Å²) in [6, 6.07) is 10.1. The SMILES string of the molecule is CC1=C(C(=O)Nc2ccccc2C(F)(F)F)[C@@H](c2ccc(F)cc2)[C@@H]2C(=O)CCCC2=N1. The van der Waals surface area contributed by atoms with Gasteiger partial charge >= 0.3 is 6.18 Å². The molecular formula is C24H20F4N2O2. The number of amides is 1. The first kappa shape index (κ1) is 21.9. The monoisotopic (exact) mass is 444 g/mol. The van der Waals surface area contributed by atoms with E-state index in [1.54, 1.807) is 6.92 Å². The molecule has 1 aliphatic heterocycles. The van der Waals surface area contributed by atoms with Gasteiger partial charge in [-0.1, -0.05) is 24.3 Å². The molecule has 2 aromatic rings. The van der Waals surface area contributed by atoms with E-state index in [1.165, 1.54) is 42.5 Å². The van der Waals surface area contributed by atoms with Crippen LogP contribution in [0.5, 0.6) is 0 Å². The molecular weight excluding hydrogens is 424 g/mol. The zero-order valence-electron chi connectivity index (χ0n) is 17.2. The van der Waals surface area contributed by atoms with E-state index in [-0.39, 0.29) is 17.0 Å². The molecule has 1 N–H and O–H groups in total. The number of carbonyl (C=O) groups is 2. The average molecular weight is 444 g/mol. The second kappa shape index (κ2) is 8.33. The molecule has 1 amide bonds. The fourth-order valence-electron chi connectivity index (χ4n) is 4.48. The number of aliphatic imine (C=N–C) groups is 1. The Bertz CT molecular complexity index is 1130. The maximum absolute atomic E-state index is 13.6. The van der Waals surface area contributed by atoms with Gasteiger partial charge in [0.2, 0.25) is 0 Å². The van der Waals surface area contributed by atoms with E-state index in [4.69, 9.17) is 0 Å². The highest BCUT2D eigenvalue weighted by atomic mass is 19.4. The van der Waals surface area contributed by atoms with E-state index in [1.807, 2.05) is 0 Å². The standard InChI is InChI=1S/C24H20F4N2O2/c1-13-20(23(32)30-17-6-3-2-5-16(17)24(26,27)28)21(14-9-11-15(25)12-10-14)22-18(29-13)7-4-8-19(22)31/h2-3,5-6,9-12,21-22H,4,7-8H2,1H3,(H,30,32)/t21-,22+/m1/s1. The summed E-state index contributed by atoms with van der Waals surface area (Å²) in [5.74, 6) is -2.78. The van der Waals surface area contributed by atoms with E-state index in [9.17, 15) is 27.2 Å². The number of rotatable bonds is 3. The Morgan fingerprint density at radius 2 is 1.72 bits per heavy atom. The summed E-state index contributed by atoms with van der Waals surface area (Å²) in [5, 5.41) is 2.37. The zero-order chi connectivity index (χ0) is 23.0. The van der Waals surface area contributed by atoms with Crippen molar-refractivity contribution in [2.24, 2.45) is 10.9 Å². The van der Waals surface area contributed by atoms with Crippen LogP contribution in [-0.4, -0.2) is 17.4 Å². The van der Waals surface area contributed by atoms with Gasteiger partial charge in [-0.3, -0.25) is 14.6 Å². The number of carbonyl (C=O) groups excluding carboxylic acids is 2. The van der Waals surface area contributed by atoms with Crippen molar-refractivity contribution < 1.29 is 27.2 Å². The largest absolute Gasteiger partial charge is 0.418 e. The highest BCUT2D eigenvalue weighted by Crippen LogP contribution is 2.43. The van der Waals surface area contributed by atoms with Gasteiger partial charge in [-0.05, 0) is 49.6 Å². The second-order valence-corrected chi connectivity index (χ2v) is 7.93. The minimum atomic E-state index is -4.65. The van der Waals surface area contributed by atoms with Gasteiger partial charge in [0.05, 0.1) is 17.2 Å². The van der Waals surface area contributed by atoms with Gasteiger partial charge in [-0.15, -0.1) is 0 Å². The number of anilines is 1. The molecule has 4 nitrogen and oxygen atoms in total. The Morgan fingerprint density at radius 3 is 2.41 bits per heavy atom. The summed E-state index contributed by atoms with van der Waals surface area (Å²) in [4.78, 5) is 30.6. The third-order valence-electron chi connectivity index (χ3n) is 5.86. The van der Waals surface area contributed by atoms with Crippen LogP contribution in [0, 0.1) is 11.7 Å². The van der Waals surface area contributed by atoms with Crippen molar-refractivity contribution >= 4 is 23.1 Å². The van der Waals surface area contributed by atoms with Crippen molar-refractivity contribution in [3.8, 4) is 0 Å². The van der Waals surface area contributed by atoms with Crippen LogP contribution in [0.15, 0.2) is 64.8 Å². The molecule has 2 aliphatic rings. The van der Waals surface area contributed by atoms with Gasteiger partial charge in [-0.2, -0.15) is 13.2 Å². The van der Waals surface area contributed by atoms with Crippen molar-refractivity contribution in [1.82, 2.24) is 0 Å². The quantitative estimate of drug-likeness (QED) is 0.621. The maximum Gasteiger partial charge on any atom is 0.418 e. The predicted molar refractivity (Wildman–Crippen MR) is 112 cm³/mol. The molecule has 32 heavy (non-hydrogen) atoms. The number of hydrogen-bond acceptors (Lipinski definition) is 3. The average Bonchev–Trinajstić information content (AvgIpc) is 2.73. The topological polar surface area (TPSA) is 58.5 Å². The van der Waals surface area contributed by atoms with Gasteiger partial charge < -0.3 is 5.32 Å². The Balaban J connectivity index is 1.79. The predicted octanol–water partition coefficient (Wildman–Crippen LogP) is 5.66. The number of para-hydroxylation sites is 1. The van der Waals surface area contributed by atoms with Gasteiger partial charge in [0.25, 0.3) is 5.91 Å². The summed E-state index contributed by atoms with van der Waals surface area (Å²) in [6.07, 6.45) is -3.08. The Kier molecular flexibility index (Phi) is 5.71. The molecule has 4 rings (SSSR count). The van der Waals surface area contributed by atoms with Gasteiger partial charge in [0.1, 0.15) is 11.6 Å². The van der Waals surface area contributed by atoms with Crippen LogP contribution in [0.1, 0.15) is 43.2 Å². The number of Topliss-reactive ketones (excluding diaryl/α,β-unsaturated/α-hetero) is 1. The lowest BCUT2D eigenvalue weighted by atomic mass is 9.69. The normalized spacial score (nSPS) is 21.2. The molecule has 1 fully saturated rings. The number of fused-ring (bicyclic) bond motifs is 1. The van der Waals surface area contributed by atoms with Crippen LogP contribution in [0.2, 0.25) is 0 Å². The molecule has 1 aliphatic carbocycles. The van der Waals surface area contributed by atoms with Crippen LogP contribution in [0.4, 0.5) is 23.2 Å². The molecule has 0 spiro atoms. The number of nitrogens with one attached hydrogen (secondary N) is 1. The lowest BCUT2D eigenvalue weighted by Crippen LogP contribution is -2.39. The van der Waals surface area contributed by atoms with Gasteiger partial charge in [0, 0.05) is 29.3 Å². The van der Waals surface area contributed by atoms with Crippen molar-refractivity contribution in [2.75, 3.05) is 5.32 Å². The first-order valence-corrected chi connectivity index (χ1v) is 10.2. The highest BCUT2D eigenvalue weighted by Gasteiger charge is 2.43. The fraction of sp³-hybridized carbons (Fsp3) is 0.292. The molecule has 0 saturated heterocycles. The second-order valence-electron chi connectivity index (χ2n) is 7.93. The number of allylic oxidation sites excluding steroid dienone is 1. The highest BCUT2D eigenvalue weighted by molar-refractivity contribution is 6.14. The molecule has 2 atom stereocenters. The van der Waals surface area contributed by atoms with Crippen molar-refractivity contribution in [1.29, 1.82) is 0 Å². The molecule has 1 saturated carbocycles. The molecule has 2 aromatic carbocycles. The maximum atomic E-state index is 13.6. The molecule has 166 valence electrons. The summed E-state index contributed by atoms with van der Waals surface area (Å²) in [7, 11) is 0. The van der Waals surface area contributed by atoms with Gasteiger partial charge in [0.15, 0.2) is 0 Å². The number of nitrogens with zero attached hydrogens (tertiary/aromatic N) is 1. The van der Waals surface area contributed by atoms with E-state index < -0.39 is 35.3 Å². The summed E-state index contributed by atoms with van der Waals surface area (Å²) in [6.45, 7) is 1.60. The Hall–Kier alpha value is -3.29. The number of halogens is 4. The molecule has 0 radical (unpaired) electrons. The van der Waals surface area contributed by atoms with E-state index in [0.29, 0.717) is 36.2 Å². The minimum Gasteiger partial charge on any atom is -0.322 e. The molecule has 1 heterocycles. The van der Waals surface area contributed by atoms with Crippen LogP contribution in [-0.2, 0) is 15.8 Å². The van der Waals surface area contributed by atoms with E-state index >= 15 is 0 Å². The lowest BCUT2D eigenvalue weighted by molar-refractivity contribution is -0.137. The van der Waals surface area contributed by atoms with Crippen LogP contribution >= 0.6 is 0 Å².